The molecule has 2 rings (SSSR count). The zero-order valence-corrected chi connectivity index (χ0v) is 8.04. The van der Waals surface area contributed by atoms with Gasteiger partial charge in [-0.1, -0.05) is 0 Å². The van der Waals surface area contributed by atoms with Gasteiger partial charge in [0.2, 0.25) is 0 Å². The highest BCUT2D eigenvalue weighted by Gasteiger charge is 2.10. The third-order valence-corrected chi connectivity index (χ3v) is 3.21. The minimum Gasteiger partial charge on any atom is -0.508 e. The molecule has 2 N–H and O–H groups in total. The molecule has 14 heavy (non-hydrogen) atoms. The highest BCUT2D eigenvalue weighted by atomic mass is 32.1. The lowest BCUT2D eigenvalue weighted by Gasteiger charge is -1.95. The average Bonchev–Trinajstić information content (AvgIpc) is 2.54. The van der Waals surface area contributed by atoms with Crippen LogP contribution in [0.2, 0.25) is 0 Å². The maximum absolute atomic E-state index is 10.7. The van der Waals surface area contributed by atoms with E-state index < -0.39 is 0 Å². The first-order valence-electron chi connectivity index (χ1n) is 4.06. The number of phenolic OH excluding ortho intramolecular Hbond substituents is 1. The summed E-state index contributed by atoms with van der Waals surface area (Å²) in [6.45, 7) is -0.183. The third-order valence-electron chi connectivity index (χ3n) is 2.07. The summed E-state index contributed by atoms with van der Waals surface area (Å²) in [5, 5.41) is 19.1. The molecular formula is C10H8O3S. The molecule has 0 saturated heterocycles. The number of aromatic hydroxyl groups is 1. The molecule has 1 heterocycles. The first-order valence-corrected chi connectivity index (χ1v) is 4.88. The average molecular weight is 208 g/mol. The van der Waals surface area contributed by atoms with Gasteiger partial charge in [0, 0.05) is 15.6 Å². The van der Waals surface area contributed by atoms with Crippen molar-refractivity contribution in [3.05, 3.63) is 28.6 Å². The Balaban J connectivity index is 2.81. The number of aliphatic hydroxyl groups is 1. The van der Waals surface area contributed by atoms with Gasteiger partial charge in [-0.15, -0.1) is 11.3 Å². The second-order valence-electron chi connectivity index (χ2n) is 2.90. The topological polar surface area (TPSA) is 57.5 Å². The predicted molar refractivity (Wildman–Crippen MR) is 54.8 cm³/mol. The molecule has 0 spiro atoms. The summed E-state index contributed by atoms with van der Waals surface area (Å²) in [4.78, 5) is 11.2. The van der Waals surface area contributed by atoms with Gasteiger partial charge in [0.25, 0.3) is 0 Å². The maximum Gasteiger partial charge on any atom is 0.160 e. The predicted octanol–water partition coefficient (Wildman–Crippen LogP) is 1.91. The second kappa shape index (κ2) is 3.40. The van der Waals surface area contributed by atoms with Crippen molar-refractivity contribution in [1.29, 1.82) is 0 Å². The quantitative estimate of drug-likeness (QED) is 0.741. The fraction of sp³-hybridized carbons (Fsp3) is 0.100. The highest BCUT2D eigenvalue weighted by Crippen LogP contribution is 2.32. The number of phenols is 1. The molecule has 0 unspecified atom stereocenters. The van der Waals surface area contributed by atoms with Crippen LogP contribution < -0.4 is 0 Å². The van der Waals surface area contributed by atoms with Crippen molar-refractivity contribution in [3.63, 3.8) is 0 Å². The van der Waals surface area contributed by atoms with Gasteiger partial charge in [0.1, 0.15) is 5.75 Å². The summed E-state index contributed by atoms with van der Waals surface area (Å²) in [6, 6.07) is 4.86. The van der Waals surface area contributed by atoms with E-state index in [4.69, 9.17) is 5.11 Å². The van der Waals surface area contributed by atoms with Crippen LogP contribution in [0.25, 0.3) is 10.1 Å². The number of benzene rings is 1. The van der Waals surface area contributed by atoms with Gasteiger partial charge in [-0.3, -0.25) is 4.79 Å². The number of thiophene rings is 1. The Kier molecular flexibility index (Phi) is 2.23. The number of rotatable bonds is 2. The summed E-state index contributed by atoms with van der Waals surface area (Å²) >= 11 is 1.32. The normalized spacial score (nSPS) is 10.6. The Morgan fingerprint density at radius 2 is 2.21 bits per heavy atom. The number of carbonyl (C=O) groups excluding carboxylic acids is 1. The van der Waals surface area contributed by atoms with E-state index in [2.05, 4.69) is 0 Å². The van der Waals surface area contributed by atoms with Gasteiger partial charge >= 0.3 is 0 Å². The fourth-order valence-electron chi connectivity index (χ4n) is 1.41. The summed E-state index contributed by atoms with van der Waals surface area (Å²) in [7, 11) is 0. The molecule has 0 amide bonds. The standard InChI is InChI=1S/C10H8O3S/c11-4-8-7-3-6(13)1-2-9(7)14-10(8)5-12/h1-3,5,11,13H,4H2. The van der Waals surface area contributed by atoms with Crippen molar-refractivity contribution < 1.29 is 15.0 Å². The molecular weight excluding hydrogens is 200 g/mol. The molecule has 0 aliphatic rings. The molecule has 1 aromatic heterocycles. The lowest BCUT2D eigenvalue weighted by molar-refractivity contribution is 0.112. The smallest absolute Gasteiger partial charge is 0.160 e. The minimum absolute atomic E-state index is 0.141. The number of fused-ring (bicyclic) bond motifs is 1. The molecule has 2 aromatic rings. The van der Waals surface area contributed by atoms with Gasteiger partial charge in [0.05, 0.1) is 11.5 Å². The summed E-state index contributed by atoms with van der Waals surface area (Å²) in [5.41, 5.74) is 0.593. The van der Waals surface area contributed by atoms with Crippen LogP contribution in [0.1, 0.15) is 15.2 Å². The molecule has 0 saturated carbocycles. The fourth-order valence-corrected chi connectivity index (χ4v) is 2.42. The first-order chi connectivity index (χ1) is 6.76. The number of aliphatic hydroxyl groups excluding tert-OH is 1. The van der Waals surface area contributed by atoms with Crippen LogP contribution in [0, 0.1) is 0 Å². The molecule has 0 atom stereocenters. The van der Waals surface area contributed by atoms with Crippen LogP contribution in [0.4, 0.5) is 0 Å². The number of carbonyl (C=O) groups is 1. The van der Waals surface area contributed by atoms with Crippen LogP contribution in [0.5, 0.6) is 5.75 Å². The van der Waals surface area contributed by atoms with E-state index in [1.807, 2.05) is 0 Å². The molecule has 72 valence electrons. The molecule has 0 fully saturated rings. The van der Waals surface area contributed by atoms with Crippen LogP contribution in [-0.2, 0) is 6.61 Å². The second-order valence-corrected chi connectivity index (χ2v) is 3.99. The van der Waals surface area contributed by atoms with Gasteiger partial charge in [-0.25, -0.2) is 0 Å². The molecule has 1 aromatic carbocycles. The number of hydrogen-bond acceptors (Lipinski definition) is 4. The van der Waals surface area contributed by atoms with Crippen molar-refractivity contribution in [2.24, 2.45) is 0 Å². The van der Waals surface area contributed by atoms with E-state index in [1.165, 1.54) is 11.3 Å². The molecule has 4 heteroatoms. The molecule has 0 aliphatic carbocycles. The van der Waals surface area contributed by atoms with Crippen molar-refractivity contribution in [3.8, 4) is 5.75 Å². The number of aldehydes is 1. The van der Waals surface area contributed by atoms with Gasteiger partial charge in [-0.05, 0) is 18.2 Å². The van der Waals surface area contributed by atoms with Crippen molar-refractivity contribution in [2.45, 2.75) is 6.61 Å². The summed E-state index contributed by atoms with van der Waals surface area (Å²) in [6.07, 6.45) is 0.729. The Hall–Kier alpha value is -1.39. The lowest BCUT2D eigenvalue weighted by atomic mass is 10.1. The Labute approximate surface area is 84.2 Å². The van der Waals surface area contributed by atoms with Crippen LogP contribution in [-0.4, -0.2) is 16.5 Å². The van der Waals surface area contributed by atoms with E-state index >= 15 is 0 Å². The number of hydrogen-bond donors (Lipinski definition) is 2. The molecule has 0 bridgehead atoms. The third kappa shape index (κ3) is 1.29. The maximum atomic E-state index is 10.7. The SMILES string of the molecule is O=Cc1sc2ccc(O)cc2c1CO. The van der Waals surface area contributed by atoms with Crippen molar-refractivity contribution >= 4 is 27.7 Å². The van der Waals surface area contributed by atoms with Gasteiger partial charge in [-0.2, -0.15) is 0 Å². The molecule has 0 aliphatic heterocycles. The monoisotopic (exact) mass is 208 g/mol. The van der Waals surface area contributed by atoms with E-state index in [9.17, 15) is 9.90 Å². The van der Waals surface area contributed by atoms with E-state index in [-0.39, 0.29) is 12.4 Å². The zero-order valence-electron chi connectivity index (χ0n) is 7.23. The molecule has 3 nitrogen and oxygen atoms in total. The minimum atomic E-state index is -0.183. The van der Waals surface area contributed by atoms with Crippen LogP contribution in [0.3, 0.4) is 0 Å². The highest BCUT2D eigenvalue weighted by molar-refractivity contribution is 7.20. The first kappa shape index (κ1) is 9.18. The Morgan fingerprint density at radius 3 is 2.86 bits per heavy atom. The van der Waals surface area contributed by atoms with Crippen LogP contribution >= 0.6 is 11.3 Å². The largest absolute Gasteiger partial charge is 0.508 e. The van der Waals surface area contributed by atoms with Crippen LogP contribution in [0.15, 0.2) is 18.2 Å². The zero-order chi connectivity index (χ0) is 10.1. The van der Waals surface area contributed by atoms with E-state index in [0.29, 0.717) is 10.4 Å². The summed E-state index contributed by atoms with van der Waals surface area (Å²) < 4.78 is 0.897. The lowest BCUT2D eigenvalue weighted by Crippen LogP contribution is -1.85. The Bertz CT molecular complexity index is 487. The summed E-state index contributed by atoms with van der Waals surface area (Å²) in [5.74, 6) is 0.141. The Morgan fingerprint density at radius 1 is 1.43 bits per heavy atom. The van der Waals surface area contributed by atoms with Crippen molar-refractivity contribution in [2.75, 3.05) is 0 Å². The molecule has 0 radical (unpaired) electrons. The van der Waals surface area contributed by atoms with Gasteiger partial charge < -0.3 is 10.2 Å². The van der Waals surface area contributed by atoms with Crippen molar-refractivity contribution in [1.82, 2.24) is 0 Å². The van der Waals surface area contributed by atoms with Gasteiger partial charge in [0.15, 0.2) is 6.29 Å². The van der Waals surface area contributed by atoms with E-state index in [1.54, 1.807) is 18.2 Å². The van der Waals surface area contributed by atoms with E-state index in [0.717, 1.165) is 16.4 Å².